The predicted octanol–water partition coefficient (Wildman–Crippen LogP) is 5.87. The van der Waals surface area contributed by atoms with Crippen LogP contribution < -0.4 is 5.32 Å². The van der Waals surface area contributed by atoms with E-state index in [1.165, 1.54) is 6.07 Å². The molecule has 5 nitrogen and oxygen atoms in total. The number of amides is 1. The zero-order valence-corrected chi connectivity index (χ0v) is 16.4. The fourth-order valence-electron chi connectivity index (χ4n) is 3.20. The summed E-state index contributed by atoms with van der Waals surface area (Å²) < 4.78 is 19.4. The number of fused-ring (bicyclic) bond motifs is 1. The van der Waals surface area contributed by atoms with Crippen LogP contribution in [-0.2, 0) is 0 Å². The Hall–Kier alpha value is -3.45. The highest BCUT2D eigenvalue weighted by Gasteiger charge is 2.24. The fourth-order valence-corrected chi connectivity index (χ4v) is 4.15. The van der Waals surface area contributed by atoms with Crippen LogP contribution in [0.1, 0.15) is 32.0 Å². The first-order valence-corrected chi connectivity index (χ1v) is 9.65. The molecular formula is C22H16FNO4S. The molecule has 0 bridgehead atoms. The van der Waals surface area contributed by atoms with Crippen LogP contribution in [0.2, 0.25) is 0 Å². The van der Waals surface area contributed by atoms with Gasteiger partial charge in [-0.25, -0.2) is 9.18 Å². The van der Waals surface area contributed by atoms with Crippen LogP contribution in [-0.4, -0.2) is 17.0 Å². The van der Waals surface area contributed by atoms with Gasteiger partial charge in [0.05, 0.1) is 0 Å². The number of rotatable bonds is 4. The van der Waals surface area contributed by atoms with Gasteiger partial charge in [0.1, 0.15) is 22.0 Å². The summed E-state index contributed by atoms with van der Waals surface area (Å²) in [6, 6.07) is 11.7. The zero-order chi connectivity index (χ0) is 20.7. The fraction of sp³-hybridized carbons (Fsp3) is 0.0909. The molecule has 0 aliphatic heterocycles. The quantitative estimate of drug-likeness (QED) is 0.442. The van der Waals surface area contributed by atoms with Crippen LogP contribution in [0.3, 0.4) is 0 Å². The van der Waals surface area contributed by atoms with Crippen molar-refractivity contribution in [3.05, 3.63) is 76.1 Å². The number of nitrogens with one attached hydrogen (secondary N) is 1. The molecule has 7 heteroatoms. The van der Waals surface area contributed by atoms with Gasteiger partial charge in [0.2, 0.25) is 0 Å². The van der Waals surface area contributed by atoms with Crippen LogP contribution >= 0.6 is 11.3 Å². The molecule has 2 aromatic carbocycles. The van der Waals surface area contributed by atoms with E-state index < -0.39 is 11.9 Å². The van der Waals surface area contributed by atoms with E-state index in [4.69, 9.17) is 4.42 Å². The van der Waals surface area contributed by atoms with E-state index in [1.807, 2.05) is 12.1 Å². The van der Waals surface area contributed by atoms with E-state index in [0.717, 1.165) is 16.7 Å². The van der Waals surface area contributed by atoms with Crippen molar-refractivity contribution in [2.45, 2.75) is 13.8 Å². The number of para-hydroxylation sites is 1. The monoisotopic (exact) mass is 409 g/mol. The van der Waals surface area contributed by atoms with Gasteiger partial charge in [0.25, 0.3) is 5.91 Å². The Labute approximate surface area is 169 Å². The molecule has 0 saturated carbocycles. The number of carbonyl (C=O) groups is 2. The second-order valence-corrected chi connectivity index (χ2v) is 7.49. The Balaban J connectivity index is 1.73. The number of furan rings is 1. The molecule has 2 N–H and O–H groups in total. The van der Waals surface area contributed by atoms with Gasteiger partial charge in [-0.15, -0.1) is 11.3 Å². The number of halogens is 1. The third-order valence-corrected chi connectivity index (χ3v) is 5.79. The van der Waals surface area contributed by atoms with Gasteiger partial charge >= 0.3 is 5.97 Å². The summed E-state index contributed by atoms with van der Waals surface area (Å²) in [5.74, 6) is -1.98. The van der Waals surface area contributed by atoms with Crippen molar-refractivity contribution < 1.29 is 23.5 Å². The maximum Gasteiger partial charge on any atom is 0.339 e. The van der Waals surface area contributed by atoms with Crippen LogP contribution in [0, 0.1) is 19.7 Å². The number of benzene rings is 2. The number of carboxylic acid groups (broad SMARTS) is 1. The molecule has 2 heterocycles. The Kier molecular flexibility index (Phi) is 4.68. The van der Waals surface area contributed by atoms with Crippen molar-refractivity contribution in [3.63, 3.8) is 0 Å². The Morgan fingerprint density at radius 3 is 2.55 bits per heavy atom. The zero-order valence-electron chi connectivity index (χ0n) is 15.6. The lowest BCUT2D eigenvalue weighted by molar-refractivity contribution is 0.0699. The van der Waals surface area contributed by atoms with Crippen molar-refractivity contribution in [3.8, 4) is 11.1 Å². The molecule has 4 aromatic rings. The lowest BCUT2D eigenvalue weighted by Gasteiger charge is -2.10. The largest absolute Gasteiger partial charge is 0.478 e. The van der Waals surface area contributed by atoms with E-state index in [9.17, 15) is 19.1 Å². The second kappa shape index (κ2) is 7.18. The average Bonchev–Trinajstić information content (AvgIpc) is 3.30. The lowest BCUT2D eigenvalue weighted by Crippen LogP contribution is -2.12. The Morgan fingerprint density at radius 1 is 1.07 bits per heavy atom. The Bertz CT molecular complexity index is 1240. The first kappa shape index (κ1) is 18.9. The lowest BCUT2D eigenvalue weighted by atomic mass is 9.96. The van der Waals surface area contributed by atoms with Gasteiger partial charge in [0, 0.05) is 16.3 Å². The van der Waals surface area contributed by atoms with Gasteiger partial charge < -0.3 is 14.8 Å². The van der Waals surface area contributed by atoms with Crippen LogP contribution in [0.15, 0.2) is 52.3 Å². The first-order chi connectivity index (χ1) is 13.9. The van der Waals surface area contributed by atoms with Crippen molar-refractivity contribution in [2.24, 2.45) is 0 Å². The van der Waals surface area contributed by atoms with Crippen LogP contribution in [0.5, 0.6) is 0 Å². The maximum atomic E-state index is 13.8. The molecule has 1 amide bonds. The number of anilines is 1. The highest BCUT2D eigenvalue weighted by Crippen LogP contribution is 2.38. The van der Waals surface area contributed by atoms with E-state index in [0.29, 0.717) is 27.8 Å². The molecule has 0 radical (unpaired) electrons. The van der Waals surface area contributed by atoms with E-state index >= 15 is 0 Å². The normalized spacial score (nSPS) is 11.0. The molecule has 0 aliphatic rings. The third kappa shape index (κ3) is 3.30. The summed E-state index contributed by atoms with van der Waals surface area (Å²) in [7, 11) is 0. The number of hydrogen-bond acceptors (Lipinski definition) is 4. The molecule has 29 heavy (non-hydrogen) atoms. The van der Waals surface area contributed by atoms with Crippen LogP contribution in [0.4, 0.5) is 9.39 Å². The minimum atomic E-state index is -1.18. The standard InChI is InChI=1S/C22H16FNO4S/c1-11-12(2)16(23)8-7-14(11)15-10-29-21(19(15)22(26)27)24-20(25)18-9-13-5-3-4-6-17(13)28-18/h3-10H,1-2H3,(H,24,25)(H,26,27). The SMILES string of the molecule is Cc1c(F)ccc(-c2csc(NC(=O)c3cc4ccccc4o3)c2C(=O)O)c1C. The van der Waals surface area contributed by atoms with Crippen LogP contribution in [0.25, 0.3) is 22.1 Å². The number of carbonyl (C=O) groups excluding carboxylic acids is 1. The summed E-state index contributed by atoms with van der Waals surface area (Å²) in [6.07, 6.45) is 0. The summed E-state index contributed by atoms with van der Waals surface area (Å²) in [5.41, 5.74) is 2.69. The summed E-state index contributed by atoms with van der Waals surface area (Å²) in [5, 5.41) is 15.0. The topological polar surface area (TPSA) is 79.5 Å². The van der Waals surface area contributed by atoms with Gasteiger partial charge in [-0.1, -0.05) is 24.3 Å². The van der Waals surface area contributed by atoms with Gasteiger partial charge in [0.15, 0.2) is 5.76 Å². The second-order valence-electron chi connectivity index (χ2n) is 6.61. The molecule has 146 valence electrons. The molecular weight excluding hydrogens is 393 g/mol. The van der Waals surface area contributed by atoms with Gasteiger partial charge in [-0.3, -0.25) is 4.79 Å². The number of aromatic carboxylic acids is 1. The molecule has 0 aliphatic carbocycles. The number of hydrogen-bond donors (Lipinski definition) is 2. The number of carboxylic acids is 1. The van der Waals surface area contributed by atoms with Crippen molar-refractivity contribution in [1.29, 1.82) is 0 Å². The smallest absolute Gasteiger partial charge is 0.339 e. The summed E-state index contributed by atoms with van der Waals surface area (Å²) in [6.45, 7) is 3.38. The van der Waals surface area contributed by atoms with Crippen molar-refractivity contribution in [1.82, 2.24) is 0 Å². The van der Waals surface area contributed by atoms with E-state index in [2.05, 4.69) is 5.32 Å². The molecule has 4 rings (SSSR count). The van der Waals surface area contributed by atoms with Crippen molar-refractivity contribution >= 4 is 39.2 Å². The Morgan fingerprint density at radius 2 is 1.83 bits per heavy atom. The van der Waals surface area contributed by atoms with E-state index in [-0.39, 0.29) is 22.1 Å². The van der Waals surface area contributed by atoms with Crippen molar-refractivity contribution in [2.75, 3.05) is 5.32 Å². The van der Waals surface area contributed by atoms with Gasteiger partial charge in [-0.2, -0.15) is 0 Å². The van der Waals surface area contributed by atoms with E-state index in [1.54, 1.807) is 43.5 Å². The number of thiophene rings is 1. The predicted molar refractivity (Wildman–Crippen MR) is 110 cm³/mol. The van der Waals surface area contributed by atoms with Gasteiger partial charge in [-0.05, 0) is 48.7 Å². The highest BCUT2D eigenvalue weighted by molar-refractivity contribution is 7.15. The summed E-state index contributed by atoms with van der Waals surface area (Å²) >= 11 is 1.10. The third-order valence-electron chi connectivity index (χ3n) is 4.89. The molecule has 0 unspecified atom stereocenters. The minimum Gasteiger partial charge on any atom is -0.478 e. The molecule has 0 spiro atoms. The highest BCUT2D eigenvalue weighted by atomic mass is 32.1. The molecule has 0 fully saturated rings. The maximum absolute atomic E-state index is 13.8. The molecule has 2 aromatic heterocycles. The average molecular weight is 409 g/mol. The molecule has 0 saturated heterocycles. The first-order valence-electron chi connectivity index (χ1n) is 8.77. The minimum absolute atomic E-state index is 0.0337. The molecule has 0 atom stereocenters. The summed E-state index contributed by atoms with van der Waals surface area (Å²) in [4.78, 5) is 24.6.